The third-order valence-corrected chi connectivity index (χ3v) is 6.33. The molecule has 3 N–H and O–H groups in total. The van der Waals surface area contributed by atoms with Gasteiger partial charge in [-0.15, -0.1) is 0 Å². The van der Waals surface area contributed by atoms with Crippen LogP contribution < -0.4 is 15.5 Å². The minimum Gasteiger partial charge on any atom is -0.332 e. The van der Waals surface area contributed by atoms with Crippen molar-refractivity contribution in [1.29, 1.82) is 0 Å². The second-order valence-corrected chi connectivity index (χ2v) is 8.88. The third-order valence-electron chi connectivity index (χ3n) is 6.08. The molecule has 5 aromatic rings. The van der Waals surface area contributed by atoms with Crippen LogP contribution in [0.1, 0.15) is 35.1 Å². The first-order valence-electron chi connectivity index (χ1n) is 11.6. The standard InChI is InChI=1S/C25H22ClN9O/c26-16-8-10-17(11-9-16)28-23(36)19-15-21(33-32-19)29-24-31-25(30-22-7-4-14-35(22)24)34-13-3-6-20(34)18-5-1-2-12-27-18/h1-2,4-5,7-12,14-15,20H,3,6,13H2,(H,28,36)(H2,29,30,31,32,33). The molecule has 0 spiro atoms. The van der Waals surface area contributed by atoms with Crippen LogP contribution in [0, 0.1) is 0 Å². The number of amides is 1. The number of halogens is 1. The van der Waals surface area contributed by atoms with Crippen LogP contribution >= 0.6 is 11.6 Å². The van der Waals surface area contributed by atoms with Crippen molar-refractivity contribution in [2.75, 3.05) is 22.1 Å². The minimum atomic E-state index is -0.317. The van der Waals surface area contributed by atoms with E-state index >= 15 is 0 Å². The maximum atomic E-state index is 12.6. The smallest absolute Gasteiger partial charge is 0.273 e. The Labute approximate surface area is 211 Å². The zero-order chi connectivity index (χ0) is 24.5. The predicted octanol–water partition coefficient (Wildman–Crippen LogP) is 4.84. The third kappa shape index (κ3) is 4.34. The number of nitrogens with zero attached hydrogens (tertiary/aromatic N) is 6. The van der Waals surface area contributed by atoms with Gasteiger partial charge in [0.1, 0.15) is 11.3 Å². The highest BCUT2D eigenvalue weighted by atomic mass is 35.5. The van der Waals surface area contributed by atoms with Crippen molar-refractivity contribution in [2.24, 2.45) is 0 Å². The summed E-state index contributed by atoms with van der Waals surface area (Å²) in [5.74, 6) is 1.30. The molecule has 1 aliphatic rings. The van der Waals surface area contributed by atoms with Crippen molar-refractivity contribution < 1.29 is 4.79 Å². The van der Waals surface area contributed by atoms with Crippen LogP contribution in [0.4, 0.5) is 23.4 Å². The van der Waals surface area contributed by atoms with Gasteiger partial charge in [0.25, 0.3) is 5.91 Å². The predicted molar refractivity (Wildman–Crippen MR) is 138 cm³/mol. The Balaban J connectivity index is 1.26. The molecule has 10 nitrogen and oxygen atoms in total. The molecule has 1 atom stereocenters. The van der Waals surface area contributed by atoms with Crippen LogP contribution in [0.25, 0.3) is 5.65 Å². The molecule has 0 saturated carbocycles. The summed E-state index contributed by atoms with van der Waals surface area (Å²) >= 11 is 5.91. The Bertz CT molecular complexity index is 1510. The molecule has 5 heterocycles. The van der Waals surface area contributed by atoms with E-state index in [0.29, 0.717) is 34.1 Å². The molecule has 0 aliphatic carbocycles. The van der Waals surface area contributed by atoms with Gasteiger partial charge in [-0.3, -0.25) is 19.3 Å². The fraction of sp³-hybridized carbons (Fsp3) is 0.160. The van der Waals surface area contributed by atoms with Crippen molar-refractivity contribution in [2.45, 2.75) is 18.9 Å². The van der Waals surface area contributed by atoms with Gasteiger partial charge in [0.2, 0.25) is 11.9 Å². The molecule has 11 heteroatoms. The summed E-state index contributed by atoms with van der Waals surface area (Å²) in [5, 5.41) is 13.7. The van der Waals surface area contributed by atoms with E-state index in [2.05, 4.69) is 30.7 Å². The molecule has 1 aliphatic heterocycles. The molecule has 1 aromatic carbocycles. The number of carbonyl (C=O) groups excluding carboxylic acids is 1. The molecule has 36 heavy (non-hydrogen) atoms. The lowest BCUT2D eigenvalue weighted by molar-refractivity contribution is 0.102. The Kier molecular flexibility index (Phi) is 5.70. The molecule has 1 saturated heterocycles. The van der Waals surface area contributed by atoms with Gasteiger partial charge in [0, 0.05) is 35.7 Å². The number of hydrogen-bond donors (Lipinski definition) is 3. The first kappa shape index (κ1) is 22.1. The number of carbonyl (C=O) groups is 1. The number of nitrogens with one attached hydrogen (secondary N) is 3. The van der Waals surface area contributed by atoms with E-state index in [9.17, 15) is 4.79 Å². The van der Waals surface area contributed by atoms with Crippen LogP contribution in [0.5, 0.6) is 0 Å². The van der Waals surface area contributed by atoms with Crippen LogP contribution in [-0.4, -0.2) is 42.0 Å². The summed E-state index contributed by atoms with van der Waals surface area (Å²) in [5.41, 5.74) is 2.70. The fourth-order valence-electron chi connectivity index (χ4n) is 4.37. The van der Waals surface area contributed by atoms with Crippen LogP contribution in [0.3, 0.4) is 0 Å². The maximum Gasteiger partial charge on any atom is 0.273 e. The van der Waals surface area contributed by atoms with E-state index in [-0.39, 0.29) is 11.9 Å². The van der Waals surface area contributed by atoms with Gasteiger partial charge in [-0.05, 0) is 61.4 Å². The number of aromatic amines is 1. The average Bonchev–Trinajstić information content (AvgIpc) is 3.66. The highest BCUT2D eigenvalue weighted by Crippen LogP contribution is 2.34. The molecule has 0 radical (unpaired) electrons. The van der Waals surface area contributed by atoms with Gasteiger partial charge in [-0.2, -0.15) is 15.1 Å². The lowest BCUT2D eigenvalue weighted by Gasteiger charge is -2.24. The van der Waals surface area contributed by atoms with Crippen molar-refractivity contribution in [3.05, 3.63) is 89.5 Å². The zero-order valence-corrected chi connectivity index (χ0v) is 19.9. The molecule has 1 amide bonds. The summed E-state index contributed by atoms with van der Waals surface area (Å²) in [6.07, 6.45) is 5.71. The Morgan fingerprint density at radius 1 is 1.08 bits per heavy atom. The van der Waals surface area contributed by atoms with Crippen molar-refractivity contribution >= 4 is 46.6 Å². The van der Waals surface area contributed by atoms with Gasteiger partial charge in [-0.25, -0.2) is 0 Å². The highest BCUT2D eigenvalue weighted by Gasteiger charge is 2.29. The lowest BCUT2D eigenvalue weighted by atomic mass is 10.1. The van der Waals surface area contributed by atoms with E-state index in [4.69, 9.17) is 21.6 Å². The van der Waals surface area contributed by atoms with Crippen molar-refractivity contribution in [3.8, 4) is 0 Å². The maximum absolute atomic E-state index is 12.6. The van der Waals surface area contributed by atoms with Crippen molar-refractivity contribution in [1.82, 2.24) is 29.5 Å². The number of benzene rings is 1. The normalized spacial score (nSPS) is 15.4. The summed E-state index contributed by atoms with van der Waals surface area (Å²) in [7, 11) is 0. The number of anilines is 4. The van der Waals surface area contributed by atoms with Gasteiger partial charge in [0.15, 0.2) is 5.82 Å². The minimum absolute atomic E-state index is 0.116. The zero-order valence-electron chi connectivity index (χ0n) is 19.1. The van der Waals surface area contributed by atoms with Gasteiger partial charge < -0.3 is 15.5 Å². The largest absolute Gasteiger partial charge is 0.332 e. The number of pyridine rings is 1. The Hall–Kier alpha value is -4.44. The SMILES string of the molecule is O=C(Nc1ccc(Cl)cc1)c1cc(Nc2nc(N3CCCC3c3ccccn3)nc3cccn23)n[nH]1. The number of hydrogen-bond acceptors (Lipinski definition) is 7. The Morgan fingerprint density at radius 3 is 2.81 bits per heavy atom. The topological polar surface area (TPSA) is 116 Å². The van der Waals surface area contributed by atoms with E-state index in [1.165, 1.54) is 0 Å². The molecule has 0 bridgehead atoms. The second-order valence-electron chi connectivity index (χ2n) is 8.44. The lowest BCUT2D eigenvalue weighted by Crippen LogP contribution is -2.26. The second kappa shape index (κ2) is 9.31. The highest BCUT2D eigenvalue weighted by molar-refractivity contribution is 6.30. The van der Waals surface area contributed by atoms with Crippen LogP contribution in [0.2, 0.25) is 5.02 Å². The summed E-state index contributed by atoms with van der Waals surface area (Å²) in [6.45, 7) is 0.842. The van der Waals surface area contributed by atoms with E-state index in [0.717, 1.165) is 30.7 Å². The van der Waals surface area contributed by atoms with E-state index in [1.807, 2.05) is 47.1 Å². The average molecular weight is 500 g/mol. The van der Waals surface area contributed by atoms with Gasteiger partial charge >= 0.3 is 0 Å². The van der Waals surface area contributed by atoms with Gasteiger partial charge in [0.05, 0.1) is 11.7 Å². The summed E-state index contributed by atoms with van der Waals surface area (Å²) in [6, 6.07) is 18.4. The first-order chi connectivity index (χ1) is 17.6. The quantitative estimate of drug-likeness (QED) is 0.306. The van der Waals surface area contributed by atoms with Gasteiger partial charge in [-0.1, -0.05) is 17.7 Å². The number of fused-ring (bicyclic) bond motifs is 1. The molecule has 180 valence electrons. The molecular formula is C25H22ClN9O. The molecule has 6 rings (SSSR count). The first-order valence-corrected chi connectivity index (χ1v) is 11.9. The molecule has 1 fully saturated rings. The summed E-state index contributed by atoms with van der Waals surface area (Å²) < 4.78 is 1.84. The number of rotatable bonds is 6. The van der Waals surface area contributed by atoms with E-state index < -0.39 is 0 Å². The molecular weight excluding hydrogens is 478 g/mol. The molecule has 4 aromatic heterocycles. The summed E-state index contributed by atoms with van der Waals surface area (Å²) in [4.78, 5) is 29.0. The van der Waals surface area contributed by atoms with E-state index in [1.54, 1.807) is 30.3 Å². The molecule has 1 unspecified atom stereocenters. The van der Waals surface area contributed by atoms with Crippen LogP contribution in [-0.2, 0) is 0 Å². The fourth-order valence-corrected chi connectivity index (χ4v) is 4.50. The van der Waals surface area contributed by atoms with Crippen molar-refractivity contribution in [3.63, 3.8) is 0 Å². The van der Waals surface area contributed by atoms with Crippen LogP contribution in [0.15, 0.2) is 73.1 Å². The number of H-pyrrole nitrogens is 1. The Morgan fingerprint density at radius 2 is 1.97 bits per heavy atom. The monoisotopic (exact) mass is 499 g/mol. The number of aromatic nitrogens is 6.